The van der Waals surface area contributed by atoms with Gasteiger partial charge >= 0.3 is 0 Å². The van der Waals surface area contributed by atoms with Crippen molar-refractivity contribution in [1.29, 1.82) is 0 Å². The summed E-state index contributed by atoms with van der Waals surface area (Å²) in [6, 6.07) is 0. The summed E-state index contributed by atoms with van der Waals surface area (Å²) in [5.74, 6) is 0.527. The molecule has 0 aromatic rings. The summed E-state index contributed by atoms with van der Waals surface area (Å²) < 4.78 is 0. The van der Waals surface area contributed by atoms with Crippen LogP contribution in [0.3, 0.4) is 0 Å². The van der Waals surface area contributed by atoms with Crippen molar-refractivity contribution in [3.63, 3.8) is 0 Å². The van der Waals surface area contributed by atoms with Gasteiger partial charge in [0.1, 0.15) is 0 Å². The Hall–Kier alpha value is -0.120. The zero-order chi connectivity index (χ0) is 11.8. The summed E-state index contributed by atoms with van der Waals surface area (Å²) in [6.45, 7) is 8.54. The van der Waals surface area contributed by atoms with Crippen LogP contribution in [0.25, 0.3) is 0 Å². The highest BCUT2D eigenvalue weighted by Crippen LogP contribution is 2.13. The van der Waals surface area contributed by atoms with E-state index in [2.05, 4.69) is 23.8 Å². The zero-order valence-corrected chi connectivity index (χ0v) is 11.0. The number of rotatable bonds is 7. The fourth-order valence-corrected chi connectivity index (χ4v) is 2.26. The third kappa shape index (κ3) is 5.28. The van der Waals surface area contributed by atoms with E-state index >= 15 is 0 Å². The van der Waals surface area contributed by atoms with Crippen molar-refractivity contribution in [2.24, 2.45) is 5.92 Å². The molecular formula is C13H28N2O. The smallest absolute Gasteiger partial charge is 0.0459 e. The van der Waals surface area contributed by atoms with E-state index in [0.29, 0.717) is 12.5 Å². The molecule has 1 atom stereocenters. The van der Waals surface area contributed by atoms with Gasteiger partial charge < -0.3 is 14.9 Å². The third-order valence-corrected chi connectivity index (χ3v) is 3.67. The Bertz CT molecular complexity index is 163. The molecule has 0 spiro atoms. The zero-order valence-electron chi connectivity index (χ0n) is 11.0. The van der Waals surface area contributed by atoms with Crippen molar-refractivity contribution in [1.82, 2.24) is 9.80 Å². The van der Waals surface area contributed by atoms with Crippen molar-refractivity contribution in [2.45, 2.75) is 32.6 Å². The highest BCUT2D eigenvalue weighted by atomic mass is 16.3. The lowest BCUT2D eigenvalue weighted by Gasteiger charge is -2.33. The molecule has 0 amide bonds. The van der Waals surface area contributed by atoms with Crippen LogP contribution in [0, 0.1) is 5.92 Å². The van der Waals surface area contributed by atoms with Gasteiger partial charge in [-0.05, 0) is 32.4 Å². The van der Waals surface area contributed by atoms with Crippen LogP contribution < -0.4 is 0 Å². The van der Waals surface area contributed by atoms with Gasteiger partial charge in [-0.15, -0.1) is 0 Å². The Morgan fingerprint density at radius 1 is 1.12 bits per heavy atom. The van der Waals surface area contributed by atoms with Gasteiger partial charge in [-0.2, -0.15) is 0 Å². The number of unbranched alkanes of at least 4 members (excludes halogenated alkanes) is 1. The van der Waals surface area contributed by atoms with Gasteiger partial charge in [0.2, 0.25) is 0 Å². The van der Waals surface area contributed by atoms with Crippen molar-refractivity contribution in [3.05, 3.63) is 0 Å². The van der Waals surface area contributed by atoms with Gasteiger partial charge in [0.25, 0.3) is 0 Å². The minimum atomic E-state index is 0.369. The van der Waals surface area contributed by atoms with E-state index in [0.717, 1.165) is 0 Å². The molecule has 1 N–H and O–H groups in total. The van der Waals surface area contributed by atoms with Crippen LogP contribution in [0.5, 0.6) is 0 Å². The normalized spacial score (nSPS) is 21.2. The van der Waals surface area contributed by atoms with E-state index in [1.54, 1.807) is 0 Å². The molecule has 1 fully saturated rings. The number of likely N-dealkylation sites (N-methyl/N-ethyl adjacent to an activating group) is 1. The van der Waals surface area contributed by atoms with Crippen molar-refractivity contribution in [2.75, 3.05) is 46.4 Å². The molecule has 96 valence electrons. The summed E-state index contributed by atoms with van der Waals surface area (Å²) in [4.78, 5) is 4.92. The molecule has 1 saturated heterocycles. The van der Waals surface area contributed by atoms with Gasteiger partial charge in [-0.1, -0.05) is 19.8 Å². The number of piperazine rings is 1. The van der Waals surface area contributed by atoms with Crippen LogP contribution in [0.15, 0.2) is 0 Å². The topological polar surface area (TPSA) is 26.7 Å². The molecule has 0 unspecified atom stereocenters. The molecule has 1 aliphatic heterocycles. The van der Waals surface area contributed by atoms with E-state index in [1.807, 2.05) is 0 Å². The molecule has 0 aromatic heterocycles. The fraction of sp³-hybridized carbons (Fsp3) is 1.00. The molecular weight excluding hydrogens is 200 g/mol. The fourth-order valence-electron chi connectivity index (χ4n) is 2.26. The molecule has 0 aliphatic carbocycles. The molecule has 0 radical (unpaired) electrons. The molecule has 3 nitrogen and oxygen atoms in total. The summed E-state index contributed by atoms with van der Waals surface area (Å²) in [5.41, 5.74) is 0. The van der Waals surface area contributed by atoms with Crippen molar-refractivity contribution < 1.29 is 5.11 Å². The van der Waals surface area contributed by atoms with Gasteiger partial charge in [0.15, 0.2) is 0 Å². The van der Waals surface area contributed by atoms with Gasteiger partial charge in [-0.25, -0.2) is 0 Å². The second kappa shape index (κ2) is 8.04. The maximum atomic E-state index is 9.30. The number of aliphatic hydroxyl groups is 1. The molecule has 0 aromatic carbocycles. The van der Waals surface area contributed by atoms with E-state index < -0.39 is 0 Å². The van der Waals surface area contributed by atoms with Gasteiger partial charge in [0, 0.05) is 32.8 Å². The average Bonchev–Trinajstić information content (AvgIpc) is 2.32. The lowest BCUT2D eigenvalue weighted by molar-refractivity contribution is 0.133. The lowest BCUT2D eigenvalue weighted by atomic mass is 9.99. The van der Waals surface area contributed by atoms with Crippen molar-refractivity contribution in [3.8, 4) is 0 Å². The predicted molar refractivity (Wildman–Crippen MR) is 68.7 cm³/mol. The summed E-state index contributed by atoms with van der Waals surface area (Å²) in [7, 11) is 2.19. The third-order valence-electron chi connectivity index (χ3n) is 3.67. The van der Waals surface area contributed by atoms with Crippen molar-refractivity contribution >= 4 is 0 Å². The molecule has 0 bridgehead atoms. The minimum absolute atomic E-state index is 0.369. The molecule has 1 heterocycles. The first-order chi connectivity index (χ1) is 7.76. The average molecular weight is 228 g/mol. The molecule has 0 saturated carbocycles. The second-order valence-corrected chi connectivity index (χ2v) is 5.12. The number of hydrogen-bond acceptors (Lipinski definition) is 3. The Morgan fingerprint density at radius 2 is 1.81 bits per heavy atom. The Labute approximate surface area is 100 Å². The van der Waals surface area contributed by atoms with Crippen LogP contribution in [-0.2, 0) is 0 Å². The summed E-state index contributed by atoms with van der Waals surface area (Å²) >= 11 is 0. The highest BCUT2D eigenvalue weighted by Gasteiger charge is 2.15. The van der Waals surface area contributed by atoms with Gasteiger partial charge in [0.05, 0.1) is 0 Å². The number of hydrogen-bond donors (Lipinski definition) is 1. The summed E-state index contributed by atoms with van der Waals surface area (Å²) in [5, 5.41) is 9.30. The first kappa shape index (κ1) is 13.9. The maximum Gasteiger partial charge on any atom is 0.0459 e. The standard InChI is InChI=1S/C13H28N2O/c1-3-4-5-13(12-16)6-7-15-10-8-14(2)9-11-15/h13,16H,3-12H2,1-2H3/t13-/m1/s1. The van der Waals surface area contributed by atoms with Crippen LogP contribution in [0.1, 0.15) is 32.6 Å². The predicted octanol–water partition coefficient (Wildman–Crippen LogP) is 1.42. The number of nitrogens with zero attached hydrogens (tertiary/aromatic N) is 2. The van der Waals surface area contributed by atoms with E-state index in [4.69, 9.17) is 0 Å². The van der Waals surface area contributed by atoms with Crippen LogP contribution in [-0.4, -0.2) is 61.3 Å². The Balaban J connectivity index is 2.11. The van der Waals surface area contributed by atoms with E-state index in [1.165, 1.54) is 58.4 Å². The first-order valence-electron chi connectivity index (χ1n) is 6.78. The van der Waals surface area contributed by atoms with Crippen LogP contribution in [0.2, 0.25) is 0 Å². The van der Waals surface area contributed by atoms with E-state index in [9.17, 15) is 5.11 Å². The maximum absolute atomic E-state index is 9.30. The lowest BCUT2D eigenvalue weighted by Crippen LogP contribution is -2.45. The molecule has 1 aliphatic rings. The number of aliphatic hydroxyl groups excluding tert-OH is 1. The molecule has 1 rings (SSSR count). The largest absolute Gasteiger partial charge is 0.396 e. The monoisotopic (exact) mass is 228 g/mol. The van der Waals surface area contributed by atoms with E-state index in [-0.39, 0.29) is 0 Å². The Kier molecular flexibility index (Phi) is 7.01. The Morgan fingerprint density at radius 3 is 2.38 bits per heavy atom. The SMILES string of the molecule is CCCC[C@@H](CO)CCN1CCN(C)CC1. The quantitative estimate of drug-likeness (QED) is 0.714. The molecule has 3 heteroatoms. The summed E-state index contributed by atoms with van der Waals surface area (Å²) in [6.07, 6.45) is 4.86. The van der Waals surface area contributed by atoms with Gasteiger partial charge in [-0.3, -0.25) is 0 Å². The van der Waals surface area contributed by atoms with Crippen LogP contribution >= 0.6 is 0 Å². The molecule has 16 heavy (non-hydrogen) atoms. The highest BCUT2D eigenvalue weighted by molar-refractivity contribution is 4.70. The van der Waals surface area contributed by atoms with Crippen LogP contribution in [0.4, 0.5) is 0 Å². The second-order valence-electron chi connectivity index (χ2n) is 5.12. The minimum Gasteiger partial charge on any atom is -0.396 e. The first-order valence-corrected chi connectivity index (χ1v) is 6.78.